The molecule has 0 spiro atoms. The number of methoxy groups -OCH3 is 2. The largest absolute Gasteiger partial charge is 0.491 e. The van der Waals surface area contributed by atoms with Crippen LogP contribution >= 0.6 is 0 Å². The highest BCUT2D eigenvalue weighted by molar-refractivity contribution is 5.65. The van der Waals surface area contributed by atoms with E-state index in [0.29, 0.717) is 22.6 Å². The average molecular weight is 728 g/mol. The Morgan fingerprint density at radius 1 is 0.623 bits per heavy atom. The molecule has 0 aliphatic carbocycles. The van der Waals surface area contributed by atoms with Gasteiger partial charge >= 0.3 is 0 Å². The lowest BCUT2D eigenvalue weighted by Gasteiger charge is -2.29. The number of nitrogens with one attached hydrogen (secondary N) is 2. The monoisotopic (exact) mass is 727 g/mol. The van der Waals surface area contributed by atoms with Crippen LogP contribution in [-0.4, -0.2) is 90.3 Å². The first-order valence-electron chi connectivity index (χ1n) is 16.9. The van der Waals surface area contributed by atoms with Crippen molar-refractivity contribution in [2.45, 2.75) is 0 Å². The Labute approximate surface area is 301 Å². The number of rotatable bonds is 6. The highest BCUT2D eigenvalue weighted by Gasteiger charge is 2.17. The molecule has 0 bridgehead atoms. The lowest BCUT2D eigenvalue weighted by molar-refractivity contribution is 0.360. The van der Waals surface area contributed by atoms with Gasteiger partial charge in [0.15, 0.2) is 23.2 Å². The number of fused-ring (bicyclic) bond motifs is 2. The lowest BCUT2D eigenvalue weighted by Crippen LogP contribution is -2.43. The van der Waals surface area contributed by atoms with E-state index in [9.17, 15) is 22.8 Å². The summed E-state index contributed by atoms with van der Waals surface area (Å²) >= 11 is 0. The second-order valence-electron chi connectivity index (χ2n) is 12.4. The minimum Gasteiger partial charge on any atom is -0.491 e. The van der Waals surface area contributed by atoms with Crippen LogP contribution < -0.4 is 41.0 Å². The molecule has 2 saturated heterocycles. The summed E-state index contributed by atoms with van der Waals surface area (Å²) in [6, 6.07) is 13.5. The maximum Gasteiger partial charge on any atom is 0.258 e. The van der Waals surface area contributed by atoms with Crippen molar-refractivity contribution in [3.05, 3.63) is 111 Å². The molecule has 2 aliphatic heterocycles. The van der Waals surface area contributed by atoms with E-state index in [-0.39, 0.29) is 28.3 Å². The number of ether oxygens (including phenoxy) is 2. The van der Waals surface area contributed by atoms with Gasteiger partial charge in [0.05, 0.1) is 37.0 Å². The highest BCUT2D eigenvalue weighted by atomic mass is 19.1. The van der Waals surface area contributed by atoms with Crippen LogP contribution in [0.2, 0.25) is 0 Å². The maximum absolute atomic E-state index is 14.0. The average Bonchev–Trinajstić information content (AvgIpc) is 3.18. The van der Waals surface area contributed by atoms with E-state index < -0.39 is 23.2 Å². The summed E-state index contributed by atoms with van der Waals surface area (Å²) in [5, 5.41) is 6.59. The molecule has 0 saturated carbocycles. The number of hydrogen-bond acceptors (Lipinski definition) is 11. The molecule has 6 aromatic rings. The van der Waals surface area contributed by atoms with E-state index in [1.54, 1.807) is 24.5 Å². The van der Waals surface area contributed by atoms with Gasteiger partial charge in [-0.2, -0.15) is 0 Å². The quantitative estimate of drug-likeness (QED) is 0.262. The number of hydrogen-bond donors (Lipinski definition) is 2. The standard InChI is InChI=1S/C19H18F2N4O2.C18H18FN5O2/c1-27-19-14(20)8-12(9-15(19)21)16-10-18(26)25-11-13(2-3-17(25)23-16)24-6-4-22-5-7-24;1-26-18-14(19)8-12(10-21-18)15-9-17(25)24-11-13(2-3-16(24)22-15)23-6-4-20-5-7-23/h2-3,8-11,22H,4-7H2,1H3;2-3,8-11,20H,4-7H2,1H3. The predicted octanol–water partition coefficient (Wildman–Crippen LogP) is 3.37. The van der Waals surface area contributed by atoms with Gasteiger partial charge in [-0.1, -0.05) is 0 Å². The van der Waals surface area contributed by atoms with Gasteiger partial charge in [0.25, 0.3) is 11.1 Å². The Kier molecular flexibility index (Phi) is 10.2. The van der Waals surface area contributed by atoms with Crippen molar-refractivity contribution in [3.63, 3.8) is 0 Å². The van der Waals surface area contributed by atoms with E-state index in [1.807, 2.05) is 12.1 Å². The molecule has 16 heteroatoms. The van der Waals surface area contributed by atoms with Crippen molar-refractivity contribution in [1.29, 1.82) is 0 Å². The molecule has 0 amide bonds. The fourth-order valence-corrected chi connectivity index (χ4v) is 6.32. The van der Waals surface area contributed by atoms with Gasteiger partial charge in [-0.3, -0.25) is 18.4 Å². The summed E-state index contributed by atoms with van der Waals surface area (Å²) in [7, 11) is 2.54. The van der Waals surface area contributed by atoms with Crippen LogP contribution in [0.1, 0.15) is 0 Å². The maximum atomic E-state index is 14.0. The summed E-state index contributed by atoms with van der Waals surface area (Å²) in [6.45, 7) is 7.11. The molecule has 2 aliphatic rings. The van der Waals surface area contributed by atoms with Gasteiger partial charge in [-0.15, -0.1) is 0 Å². The number of halogens is 3. The third-order valence-electron chi connectivity index (χ3n) is 9.05. The lowest BCUT2D eigenvalue weighted by atomic mass is 10.1. The molecule has 0 atom stereocenters. The first-order chi connectivity index (χ1) is 25.7. The van der Waals surface area contributed by atoms with Gasteiger partial charge in [0.1, 0.15) is 11.3 Å². The number of piperazine rings is 2. The normalized spacial score (nSPS) is 14.6. The molecule has 0 radical (unpaired) electrons. The molecule has 2 fully saturated rings. The highest BCUT2D eigenvalue weighted by Crippen LogP contribution is 2.28. The Hall–Kier alpha value is -6.00. The number of aromatic nitrogens is 5. The Balaban J connectivity index is 0.000000164. The molecule has 5 aromatic heterocycles. The van der Waals surface area contributed by atoms with Crippen molar-refractivity contribution in [3.8, 4) is 34.1 Å². The van der Waals surface area contributed by atoms with Crippen molar-refractivity contribution in [1.82, 2.24) is 34.4 Å². The molecule has 274 valence electrons. The molecule has 2 N–H and O–H groups in total. The van der Waals surface area contributed by atoms with Crippen LogP contribution in [0.4, 0.5) is 24.5 Å². The summed E-state index contributed by atoms with van der Waals surface area (Å²) in [5.41, 5.74) is 3.47. The van der Waals surface area contributed by atoms with Gasteiger partial charge in [-0.05, 0) is 42.5 Å². The van der Waals surface area contributed by atoms with E-state index in [1.165, 1.54) is 47.4 Å². The molecule has 1 aromatic carbocycles. The van der Waals surface area contributed by atoms with Crippen molar-refractivity contribution >= 4 is 22.7 Å². The van der Waals surface area contributed by atoms with E-state index in [4.69, 9.17) is 4.74 Å². The molecular formula is C37H36F3N9O4. The van der Waals surface area contributed by atoms with Crippen molar-refractivity contribution in [2.24, 2.45) is 0 Å². The van der Waals surface area contributed by atoms with Crippen LogP contribution in [-0.2, 0) is 0 Å². The van der Waals surface area contributed by atoms with Crippen LogP contribution in [0.3, 0.4) is 0 Å². The van der Waals surface area contributed by atoms with Gasteiger partial charge in [-0.25, -0.2) is 28.1 Å². The first-order valence-corrected chi connectivity index (χ1v) is 16.9. The van der Waals surface area contributed by atoms with E-state index in [0.717, 1.165) is 75.9 Å². The number of anilines is 2. The third kappa shape index (κ3) is 7.50. The third-order valence-corrected chi connectivity index (χ3v) is 9.05. The SMILES string of the molecule is COc1c(F)cc(-c2cc(=O)n3cc(N4CCNCC4)ccc3n2)cc1F.COc1ncc(-c2cc(=O)n3cc(N4CCNCC4)ccc3n2)cc1F. The second kappa shape index (κ2) is 15.3. The van der Waals surface area contributed by atoms with Crippen LogP contribution in [0.5, 0.6) is 11.6 Å². The number of nitrogens with zero attached hydrogens (tertiary/aromatic N) is 7. The Bertz CT molecular complexity index is 2390. The topological polar surface area (TPSA) is 131 Å². The molecular weight excluding hydrogens is 691 g/mol. The second-order valence-corrected chi connectivity index (χ2v) is 12.4. The minimum absolute atomic E-state index is 0.0908. The van der Waals surface area contributed by atoms with Crippen LogP contribution in [0.15, 0.2) is 82.8 Å². The molecule has 8 rings (SSSR count). The zero-order valence-electron chi connectivity index (χ0n) is 29.0. The summed E-state index contributed by atoms with van der Waals surface area (Å²) in [5.74, 6) is -2.84. The van der Waals surface area contributed by atoms with E-state index in [2.05, 4.69) is 40.1 Å². The number of pyridine rings is 3. The number of benzene rings is 1. The van der Waals surface area contributed by atoms with Crippen molar-refractivity contribution in [2.75, 3.05) is 76.4 Å². The molecule has 13 nitrogen and oxygen atoms in total. The van der Waals surface area contributed by atoms with Gasteiger partial charge in [0, 0.05) is 94.2 Å². The minimum atomic E-state index is -0.844. The summed E-state index contributed by atoms with van der Waals surface area (Å²) in [4.78, 5) is 42.3. The van der Waals surface area contributed by atoms with Gasteiger partial charge < -0.3 is 29.9 Å². The molecule has 53 heavy (non-hydrogen) atoms. The zero-order valence-corrected chi connectivity index (χ0v) is 29.0. The summed E-state index contributed by atoms with van der Waals surface area (Å²) < 4.78 is 54.3. The molecule has 7 heterocycles. The zero-order chi connectivity index (χ0) is 37.1. The Morgan fingerprint density at radius 2 is 1.09 bits per heavy atom. The predicted molar refractivity (Wildman–Crippen MR) is 195 cm³/mol. The Morgan fingerprint density at radius 3 is 1.55 bits per heavy atom. The van der Waals surface area contributed by atoms with Crippen LogP contribution in [0.25, 0.3) is 33.8 Å². The fourth-order valence-electron chi connectivity index (χ4n) is 6.32. The smallest absolute Gasteiger partial charge is 0.258 e. The molecule has 0 unspecified atom stereocenters. The van der Waals surface area contributed by atoms with Crippen molar-refractivity contribution < 1.29 is 22.6 Å². The van der Waals surface area contributed by atoms with Crippen LogP contribution in [0, 0.1) is 17.5 Å². The first kappa shape index (κ1) is 35.4. The fraction of sp³-hybridized carbons (Fsp3) is 0.270. The summed E-state index contributed by atoms with van der Waals surface area (Å²) in [6.07, 6.45) is 4.98. The van der Waals surface area contributed by atoms with Gasteiger partial charge in [0.2, 0.25) is 5.88 Å². The van der Waals surface area contributed by atoms with E-state index >= 15 is 0 Å².